The number of para-hydroxylation sites is 1. The van der Waals surface area contributed by atoms with E-state index in [0.29, 0.717) is 19.4 Å². The molecule has 9 heteroatoms. The minimum Gasteiger partial charge on any atom is -0.340 e. The minimum absolute atomic E-state index is 0.234. The number of urea groups is 1. The Labute approximate surface area is 208 Å². The van der Waals surface area contributed by atoms with Crippen LogP contribution in [0.4, 0.5) is 4.79 Å². The predicted octanol–water partition coefficient (Wildman–Crippen LogP) is 4.16. The van der Waals surface area contributed by atoms with Crippen LogP contribution < -0.4 is 0 Å². The molecule has 1 spiro atoms. The van der Waals surface area contributed by atoms with Crippen LogP contribution >= 0.6 is 11.3 Å². The largest absolute Gasteiger partial charge is 0.340 e. The van der Waals surface area contributed by atoms with Gasteiger partial charge in [-0.15, -0.1) is 11.3 Å². The van der Waals surface area contributed by atoms with E-state index >= 15 is 0 Å². The van der Waals surface area contributed by atoms with E-state index in [9.17, 15) is 14.4 Å². The van der Waals surface area contributed by atoms with Gasteiger partial charge in [0.25, 0.3) is 5.91 Å². The highest BCUT2D eigenvalue weighted by Gasteiger charge is 2.55. The van der Waals surface area contributed by atoms with E-state index in [1.807, 2.05) is 58.7 Å². The Balaban J connectivity index is 1.35. The first-order valence-corrected chi connectivity index (χ1v) is 12.8. The number of likely N-dealkylation sites (N-methyl/N-ethyl adjacent to an activating group) is 2. The van der Waals surface area contributed by atoms with Crippen molar-refractivity contribution in [3.63, 3.8) is 0 Å². The summed E-state index contributed by atoms with van der Waals surface area (Å²) >= 11 is 1.59. The van der Waals surface area contributed by atoms with Crippen molar-refractivity contribution < 1.29 is 14.4 Å². The van der Waals surface area contributed by atoms with Crippen LogP contribution in [0.5, 0.6) is 0 Å². The summed E-state index contributed by atoms with van der Waals surface area (Å²) < 4.78 is 1.82. The summed E-state index contributed by atoms with van der Waals surface area (Å²) in [5.41, 5.74) is 1.86. The van der Waals surface area contributed by atoms with Gasteiger partial charge in [0.1, 0.15) is 17.8 Å². The second kappa shape index (κ2) is 9.30. The Morgan fingerprint density at radius 3 is 2.51 bits per heavy atom. The van der Waals surface area contributed by atoms with E-state index in [1.165, 1.54) is 0 Å². The van der Waals surface area contributed by atoms with Crippen molar-refractivity contribution in [2.45, 2.75) is 44.2 Å². The van der Waals surface area contributed by atoms with Gasteiger partial charge in [-0.1, -0.05) is 43.5 Å². The number of rotatable bonds is 6. The number of hydrogen-bond acceptors (Lipinski definition) is 5. The molecule has 0 N–H and O–H groups in total. The third-order valence-corrected chi connectivity index (χ3v) is 8.05. The van der Waals surface area contributed by atoms with Crippen molar-refractivity contribution in [2.75, 3.05) is 20.6 Å². The summed E-state index contributed by atoms with van der Waals surface area (Å²) in [6.45, 7) is 0.0670. The fourth-order valence-electron chi connectivity index (χ4n) is 5.13. The zero-order chi connectivity index (χ0) is 24.6. The first-order chi connectivity index (χ1) is 16.9. The van der Waals surface area contributed by atoms with Crippen molar-refractivity contribution in [3.8, 4) is 16.3 Å². The van der Waals surface area contributed by atoms with Crippen LogP contribution in [0.15, 0.2) is 54.0 Å². The lowest BCUT2D eigenvalue weighted by atomic mass is 9.81. The molecule has 1 aromatic carbocycles. The minimum atomic E-state index is -0.780. The summed E-state index contributed by atoms with van der Waals surface area (Å²) in [4.78, 5) is 44.7. The van der Waals surface area contributed by atoms with Crippen LogP contribution in [-0.4, -0.2) is 68.5 Å². The topological polar surface area (TPSA) is 78.8 Å². The van der Waals surface area contributed by atoms with E-state index in [1.54, 1.807) is 35.2 Å². The summed E-state index contributed by atoms with van der Waals surface area (Å²) in [7, 11) is 3.39. The number of carbonyl (C=O) groups is 3. The highest BCUT2D eigenvalue weighted by Crippen LogP contribution is 2.39. The number of carbonyl (C=O) groups excluding carboxylic acids is 3. The average molecular weight is 492 g/mol. The second-order valence-electron chi connectivity index (χ2n) is 9.34. The lowest BCUT2D eigenvalue weighted by Gasteiger charge is -2.35. The molecular formula is C26H29N5O3S. The molecule has 1 saturated heterocycles. The highest BCUT2D eigenvalue weighted by molar-refractivity contribution is 7.13. The van der Waals surface area contributed by atoms with Crippen molar-refractivity contribution in [2.24, 2.45) is 0 Å². The van der Waals surface area contributed by atoms with E-state index in [-0.39, 0.29) is 24.4 Å². The molecule has 8 nitrogen and oxygen atoms in total. The van der Waals surface area contributed by atoms with E-state index in [0.717, 1.165) is 46.0 Å². The van der Waals surface area contributed by atoms with Gasteiger partial charge in [0.2, 0.25) is 5.91 Å². The summed E-state index contributed by atoms with van der Waals surface area (Å²) in [6.07, 6.45) is 6.17. The summed E-state index contributed by atoms with van der Waals surface area (Å²) in [5, 5.41) is 6.79. The Morgan fingerprint density at radius 1 is 1.09 bits per heavy atom. The van der Waals surface area contributed by atoms with Crippen LogP contribution in [0.2, 0.25) is 0 Å². The van der Waals surface area contributed by atoms with Crippen molar-refractivity contribution in [3.05, 3.63) is 59.6 Å². The number of nitrogens with zero attached hydrogens (tertiary/aromatic N) is 5. The second-order valence-corrected chi connectivity index (χ2v) is 10.3. The Hall–Kier alpha value is -3.46. The number of imide groups is 1. The molecule has 1 saturated carbocycles. The van der Waals surface area contributed by atoms with Gasteiger partial charge in [-0.3, -0.25) is 14.5 Å². The summed E-state index contributed by atoms with van der Waals surface area (Å²) in [5.74, 6) is -0.514. The van der Waals surface area contributed by atoms with Gasteiger partial charge in [-0.25, -0.2) is 9.48 Å². The van der Waals surface area contributed by atoms with E-state index < -0.39 is 5.54 Å². The van der Waals surface area contributed by atoms with Gasteiger partial charge in [-0.05, 0) is 36.4 Å². The molecule has 2 fully saturated rings. The SMILES string of the molecule is CN(Cc1cn(-c2ccccc2)nc1-c1cccs1)C(=O)CN1C(=O)N(C)C2(CCCCC2)C1=O. The molecule has 2 aliphatic rings. The lowest BCUT2D eigenvalue weighted by Crippen LogP contribution is -2.49. The zero-order valence-electron chi connectivity index (χ0n) is 20.0. The molecule has 35 heavy (non-hydrogen) atoms. The Morgan fingerprint density at radius 2 is 1.83 bits per heavy atom. The van der Waals surface area contributed by atoms with Gasteiger partial charge in [-0.2, -0.15) is 5.10 Å². The third-order valence-electron chi connectivity index (χ3n) is 7.18. The first-order valence-electron chi connectivity index (χ1n) is 11.9. The van der Waals surface area contributed by atoms with Crippen molar-refractivity contribution in [1.82, 2.24) is 24.5 Å². The van der Waals surface area contributed by atoms with Crippen molar-refractivity contribution >= 4 is 29.2 Å². The molecular weight excluding hydrogens is 462 g/mol. The van der Waals surface area contributed by atoms with Gasteiger partial charge in [0.05, 0.1) is 10.6 Å². The smallest absolute Gasteiger partial charge is 0.327 e. The molecule has 1 aliphatic heterocycles. The zero-order valence-corrected chi connectivity index (χ0v) is 20.8. The van der Waals surface area contributed by atoms with Crippen LogP contribution in [-0.2, 0) is 16.1 Å². The van der Waals surface area contributed by atoms with Crippen molar-refractivity contribution in [1.29, 1.82) is 0 Å². The number of thiophene rings is 1. The maximum atomic E-state index is 13.3. The average Bonchev–Trinajstić information content (AvgIpc) is 3.59. The predicted molar refractivity (Wildman–Crippen MR) is 134 cm³/mol. The number of aromatic nitrogens is 2. The Kier molecular flexibility index (Phi) is 6.19. The maximum absolute atomic E-state index is 13.3. The van der Waals surface area contributed by atoms with Crippen LogP contribution in [0.1, 0.15) is 37.7 Å². The first kappa shape index (κ1) is 23.3. The monoisotopic (exact) mass is 491 g/mol. The molecule has 0 unspecified atom stereocenters. The van der Waals surface area contributed by atoms with Gasteiger partial charge in [0.15, 0.2) is 0 Å². The van der Waals surface area contributed by atoms with Gasteiger partial charge >= 0.3 is 6.03 Å². The molecule has 3 heterocycles. The van der Waals surface area contributed by atoms with Gasteiger partial charge < -0.3 is 9.80 Å². The molecule has 0 atom stereocenters. The molecule has 182 valence electrons. The maximum Gasteiger partial charge on any atom is 0.327 e. The molecule has 4 amide bonds. The molecule has 2 aromatic heterocycles. The third kappa shape index (κ3) is 4.14. The molecule has 1 aliphatic carbocycles. The number of hydrogen-bond donors (Lipinski definition) is 0. The van der Waals surface area contributed by atoms with Crippen LogP contribution in [0, 0.1) is 0 Å². The quantitative estimate of drug-likeness (QED) is 0.485. The number of benzene rings is 1. The number of amides is 4. The standard InChI is InChI=1S/C26H29N5O3S/c1-28(22(32)18-30-24(33)26(29(2)25(30)34)13-7-4-8-14-26)16-19-17-31(20-10-5-3-6-11-20)27-23(19)21-12-9-15-35-21/h3,5-6,9-12,15,17H,4,7-8,13-14,16,18H2,1-2H3. The molecule has 0 radical (unpaired) electrons. The molecule has 0 bridgehead atoms. The fourth-order valence-corrected chi connectivity index (χ4v) is 5.87. The van der Waals surface area contributed by atoms with E-state index in [4.69, 9.17) is 5.10 Å². The van der Waals surface area contributed by atoms with Gasteiger partial charge in [0, 0.05) is 32.4 Å². The fraction of sp³-hybridized carbons (Fsp3) is 0.385. The van der Waals surface area contributed by atoms with Crippen LogP contribution in [0.25, 0.3) is 16.3 Å². The molecule has 3 aromatic rings. The summed E-state index contributed by atoms with van der Waals surface area (Å²) in [6, 6.07) is 13.4. The van der Waals surface area contributed by atoms with Crippen LogP contribution in [0.3, 0.4) is 0 Å². The lowest BCUT2D eigenvalue weighted by molar-refractivity contribution is -0.140. The normalized spacial score (nSPS) is 17.4. The highest BCUT2D eigenvalue weighted by atomic mass is 32.1. The molecule has 5 rings (SSSR count). The Bertz CT molecular complexity index is 1230. The van der Waals surface area contributed by atoms with E-state index in [2.05, 4.69) is 0 Å².